The first kappa shape index (κ1) is 18.5. The van der Waals surface area contributed by atoms with Crippen molar-refractivity contribution in [1.29, 1.82) is 0 Å². The molecule has 22 heavy (non-hydrogen) atoms. The van der Waals surface area contributed by atoms with Crippen molar-refractivity contribution in [2.24, 2.45) is 0 Å². The number of nitrogens with two attached hydrogens (primary N) is 1. The highest BCUT2D eigenvalue weighted by molar-refractivity contribution is 6.35. The third-order valence-electron chi connectivity index (χ3n) is 2.68. The van der Waals surface area contributed by atoms with Crippen LogP contribution in [0, 0.1) is 0 Å². The summed E-state index contributed by atoms with van der Waals surface area (Å²) in [4.78, 5) is 11.6. The molecule has 0 aliphatic carbocycles. The molecule has 1 heterocycles. The van der Waals surface area contributed by atoms with E-state index in [0.717, 1.165) is 5.56 Å². The maximum absolute atomic E-state index is 11.6. The number of nitrogens with zero attached hydrogens (tertiary/aromatic N) is 2. The van der Waals surface area contributed by atoms with Crippen LogP contribution in [0.1, 0.15) is 16.1 Å². The van der Waals surface area contributed by atoms with E-state index in [1.54, 1.807) is 18.2 Å². The number of anilines is 1. The van der Waals surface area contributed by atoms with Gasteiger partial charge in [0.1, 0.15) is 0 Å². The predicted molar refractivity (Wildman–Crippen MR) is 79.2 cm³/mol. The van der Waals surface area contributed by atoms with Gasteiger partial charge in [0.25, 0.3) is 5.91 Å². The minimum absolute atomic E-state index is 0. The van der Waals surface area contributed by atoms with E-state index in [0.29, 0.717) is 29.7 Å². The Morgan fingerprint density at radius 2 is 1.91 bits per heavy atom. The van der Waals surface area contributed by atoms with Gasteiger partial charge in [0, 0.05) is 35.2 Å². The molecule has 2 aromatic rings. The van der Waals surface area contributed by atoms with Crippen LogP contribution in [-0.4, -0.2) is 29.3 Å². The normalized spacial score (nSPS) is 10.1. The van der Waals surface area contributed by atoms with Crippen LogP contribution in [-0.2, 0) is 6.54 Å². The highest BCUT2D eigenvalue weighted by Gasteiger charge is 2.14. The van der Waals surface area contributed by atoms with Gasteiger partial charge in [0.15, 0.2) is 0 Å². The molecule has 0 saturated carbocycles. The predicted octanol–water partition coefficient (Wildman–Crippen LogP) is -1.52. The minimum atomic E-state index is -0.439. The van der Waals surface area contributed by atoms with E-state index in [9.17, 15) is 4.79 Å². The molecule has 120 valence electrons. The average Bonchev–Trinajstić information content (AvgIpc) is 2.87. The van der Waals surface area contributed by atoms with Gasteiger partial charge in [0.2, 0.25) is 11.5 Å². The Kier molecular flexibility index (Phi) is 7.40. The summed E-state index contributed by atoms with van der Waals surface area (Å²) in [5.74, 6) is -0.477. The van der Waals surface area contributed by atoms with Crippen LogP contribution < -0.4 is 28.8 Å². The van der Waals surface area contributed by atoms with Crippen molar-refractivity contribution >= 4 is 34.9 Å². The molecule has 0 atom stereocenters. The third kappa shape index (κ3) is 4.74. The molecule has 4 N–H and O–H groups in total. The zero-order valence-corrected chi connectivity index (χ0v) is 13.5. The van der Waals surface area contributed by atoms with Gasteiger partial charge < -0.3 is 28.8 Å². The second kappa shape index (κ2) is 8.79. The largest absolute Gasteiger partial charge is 1.00 e. The first-order chi connectivity index (χ1) is 10.1. The van der Waals surface area contributed by atoms with Crippen molar-refractivity contribution in [2.45, 2.75) is 6.54 Å². The van der Waals surface area contributed by atoms with E-state index in [-0.39, 0.29) is 23.9 Å². The van der Waals surface area contributed by atoms with Crippen LogP contribution >= 0.6 is 23.2 Å². The van der Waals surface area contributed by atoms with Gasteiger partial charge >= 0.3 is 0 Å². The molecule has 1 amide bonds. The SMILES string of the molecule is Nc1nonc1C(=O)NCCNCc1c(Cl)cccc1Cl.[Cl-]. The standard InChI is InChI=1S/C12H13Cl2N5O2.ClH/c13-8-2-1-3-9(14)7(8)6-16-4-5-17-12(20)10-11(15)19-21-18-10;/h1-3,16H,4-6H2,(H2,15,19)(H,17,20);1H/p-1. The summed E-state index contributed by atoms with van der Waals surface area (Å²) in [7, 11) is 0. The van der Waals surface area contributed by atoms with Gasteiger partial charge in [-0.15, -0.1) is 0 Å². The van der Waals surface area contributed by atoms with Crippen molar-refractivity contribution in [3.8, 4) is 0 Å². The fraction of sp³-hybridized carbons (Fsp3) is 0.250. The number of carbonyl (C=O) groups excluding carboxylic acids is 1. The number of nitrogens with one attached hydrogen (secondary N) is 2. The third-order valence-corrected chi connectivity index (χ3v) is 3.39. The molecule has 0 spiro atoms. The van der Waals surface area contributed by atoms with Crippen LogP contribution in [0.15, 0.2) is 22.8 Å². The van der Waals surface area contributed by atoms with Crippen molar-refractivity contribution in [1.82, 2.24) is 20.9 Å². The van der Waals surface area contributed by atoms with Gasteiger partial charge in [0.05, 0.1) is 0 Å². The Hall–Kier alpha value is -1.54. The molecule has 0 saturated heterocycles. The summed E-state index contributed by atoms with van der Waals surface area (Å²) in [6.07, 6.45) is 0. The average molecular weight is 366 g/mol. The number of halogens is 3. The molecule has 0 aliphatic rings. The molecular weight excluding hydrogens is 353 g/mol. The molecule has 0 radical (unpaired) electrons. The number of hydrogen-bond donors (Lipinski definition) is 3. The topological polar surface area (TPSA) is 106 Å². The number of carbonyl (C=O) groups is 1. The van der Waals surface area contributed by atoms with Crippen LogP contribution in [0.4, 0.5) is 5.82 Å². The molecule has 0 bridgehead atoms. The number of amides is 1. The second-order valence-electron chi connectivity index (χ2n) is 4.13. The Morgan fingerprint density at radius 1 is 1.23 bits per heavy atom. The first-order valence-electron chi connectivity index (χ1n) is 6.09. The van der Waals surface area contributed by atoms with Gasteiger partial charge in [-0.3, -0.25) is 4.79 Å². The molecular formula is C12H13Cl3N5O2-. The monoisotopic (exact) mass is 364 g/mol. The summed E-state index contributed by atoms with van der Waals surface area (Å²) in [6.45, 7) is 1.41. The van der Waals surface area contributed by atoms with E-state index in [1.165, 1.54) is 0 Å². The molecule has 0 fully saturated rings. The van der Waals surface area contributed by atoms with Crippen molar-refractivity contribution in [3.05, 3.63) is 39.5 Å². The lowest BCUT2D eigenvalue weighted by molar-refractivity contribution is -0.0000130. The summed E-state index contributed by atoms with van der Waals surface area (Å²) < 4.78 is 4.35. The number of rotatable bonds is 6. The molecule has 10 heteroatoms. The van der Waals surface area contributed by atoms with E-state index < -0.39 is 5.91 Å². The fourth-order valence-corrected chi connectivity index (χ4v) is 2.15. The lowest BCUT2D eigenvalue weighted by atomic mass is 10.2. The van der Waals surface area contributed by atoms with Crippen LogP contribution in [0.2, 0.25) is 10.0 Å². The summed E-state index contributed by atoms with van der Waals surface area (Å²) in [5.41, 5.74) is 6.20. The smallest absolute Gasteiger partial charge is 0.277 e. The Morgan fingerprint density at radius 3 is 2.50 bits per heavy atom. The van der Waals surface area contributed by atoms with Gasteiger partial charge in [-0.2, -0.15) is 0 Å². The van der Waals surface area contributed by atoms with Crippen LogP contribution in [0.3, 0.4) is 0 Å². The summed E-state index contributed by atoms with van der Waals surface area (Å²) in [5, 5.41) is 13.7. The molecule has 7 nitrogen and oxygen atoms in total. The van der Waals surface area contributed by atoms with Gasteiger partial charge in [-0.1, -0.05) is 29.3 Å². The zero-order valence-electron chi connectivity index (χ0n) is 11.3. The summed E-state index contributed by atoms with van der Waals surface area (Å²) in [6, 6.07) is 5.32. The quantitative estimate of drug-likeness (QED) is 0.537. The van der Waals surface area contributed by atoms with Crippen LogP contribution in [0.25, 0.3) is 0 Å². The molecule has 0 unspecified atom stereocenters. The van der Waals surface area contributed by atoms with E-state index in [1.807, 2.05) is 0 Å². The molecule has 0 aliphatic heterocycles. The highest BCUT2D eigenvalue weighted by atomic mass is 35.5. The molecule has 2 rings (SSSR count). The van der Waals surface area contributed by atoms with E-state index in [4.69, 9.17) is 28.9 Å². The lowest BCUT2D eigenvalue weighted by Gasteiger charge is -2.09. The number of benzene rings is 1. The second-order valence-corrected chi connectivity index (χ2v) is 4.95. The fourth-order valence-electron chi connectivity index (χ4n) is 1.62. The van der Waals surface area contributed by atoms with Gasteiger partial charge in [-0.05, 0) is 22.4 Å². The zero-order chi connectivity index (χ0) is 15.2. The van der Waals surface area contributed by atoms with Crippen molar-refractivity contribution in [2.75, 3.05) is 18.8 Å². The van der Waals surface area contributed by atoms with Crippen LogP contribution in [0.5, 0.6) is 0 Å². The summed E-state index contributed by atoms with van der Waals surface area (Å²) >= 11 is 12.1. The van der Waals surface area contributed by atoms with Crippen molar-refractivity contribution < 1.29 is 21.8 Å². The minimum Gasteiger partial charge on any atom is -1.00 e. The lowest BCUT2D eigenvalue weighted by Crippen LogP contribution is -3.00. The Balaban J connectivity index is 0.00000242. The number of nitrogen functional groups attached to an aromatic ring is 1. The molecule has 1 aromatic heterocycles. The Labute approximate surface area is 142 Å². The van der Waals surface area contributed by atoms with Crippen molar-refractivity contribution in [3.63, 3.8) is 0 Å². The first-order valence-corrected chi connectivity index (χ1v) is 6.85. The Bertz CT molecular complexity index is 615. The maximum Gasteiger partial charge on any atom is 0.277 e. The number of aromatic nitrogens is 2. The molecule has 1 aromatic carbocycles. The van der Waals surface area contributed by atoms with E-state index >= 15 is 0 Å². The number of hydrogen-bond acceptors (Lipinski definition) is 6. The van der Waals surface area contributed by atoms with E-state index in [2.05, 4.69) is 25.6 Å². The maximum atomic E-state index is 11.6. The highest BCUT2D eigenvalue weighted by Crippen LogP contribution is 2.23. The van der Waals surface area contributed by atoms with Gasteiger partial charge in [-0.25, -0.2) is 4.63 Å².